The first kappa shape index (κ1) is 10.2. The van der Waals surface area contributed by atoms with Gasteiger partial charge in [0.15, 0.2) is 0 Å². The molecule has 0 bridgehead atoms. The lowest BCUT2D eigenvalue weighted by atomic mass is 11.0. The van der Waals surface area contributed by atoms with Crippen molar-refractivity contribution in [1.82, 2.24) is 0 Å². The molecule has 0 amide bonds. The maximum absolute atomic E-state index is 9.33. The van der Waals surface area contributed by atoms with Gasteiger partial charge >= 0.3 is 8.25 Å². The fourth-order valence-corrected chi connectivity index (χ4v) is 0. The van der Waals surface area contributed by atoms with Gasteiger partial charge in [0.2, 0.25) is 0 Å². The highest BCUT2D eigenvalue weighted by Crippen LogP contribution is 2.09. The molecule has 4 heteroatoms. The molecule has 7 heavy (non-hydrogen) atoms. The Hall–Kier alpha value is 0.150. The first-order valence-corrected chi connectivity index (χ1v) is 3.30. The summed E-state index contributed by atoms with van der Waals surface area (Å²) in [6.07, 6.45) is 0. The van der Waals surface area contributed by atoms with E-state index in [9.17, 15) is 4.57 Å². The van der Waals surface area contributed by atoms with Gasteiger partial charge in [-0.2, -0.15) is 0 Å². The van der Waals surface area contributed by atoms with Gasteiger partial charge in [-0.1, -0.05) is 13.8 Å². The van der Waals surface area contributed by atoms with Crippen LogP contribution in [0, 0.1) is 0 Å². The van der Waals surface area contributed by atoms with E-state index in [0.717, 1.165) is 0 Å². The van der Waals surface area contributed by atoms with E-state index in [0.29, 0.717) is 0 Å². The molecule has 46 valence electrons. The van der Waals surface area contributed by atoms with Crippen LogP contribution in [0.2, 0.25) is 0 Å². The van der Waals surface area contributed by atoms with Gasteiger partial charge in [0, 0.05) is 7.11 Å². The fourth-order valence-electron chi connectivity index (χ4n) is 0. The zero-order chi connectivity index (χ0) is 6.28. The molecule has 1 N–H and O–H groups in total. The van der Waals surface area contributed by atoms with E-state index in [4.69, 9.17) is 4.89 Å². The molecule has 0 aromatic heterocycles. The van der Waals surface area contributed by atoms with Crippen LogP contribution < -0.4 is 0 Å². The highest BCUT2D eigenvalue weighted by molar-refractivity contribution is 7.32. The highest BCUT2D eigenvalue weighted by atomic mass is 31.1. The van der Waals surface area contributed by atoms with E-state index in [1.165, 1.54) is 7.11 Å². The van der Waals surface area contributed by atoms with E-state index in [-0.39, 0.29) is 0 Å². The summed E-state index contributed by atoms with van der Waals surface area (Å²) in [6, 6.07) is 0. The van der Waals surface area contributed by atoms with Crippen molar-refractivity contribution in [3.8, 4) is 0 Å². The number of hydrogen-bond donors (Lipinski definition) is 1. The Balaban J connectivity index is 0. The summed E-state index contributed by atoms with van der Waals surface area (Å²) in [6.45, 7) is 4.00. The molecular weight excluding hydrogens is 115 g/mol. The van der Waals surface area contributed by atoms with Crippen molar-refractivity contribution in [1.29, 1.82) is 0 Å². The number of hydrogen-bond acceptors (Lipinski definition) is 2. The third kappa shape index (κ3) is 22.9. The first-order valence-electron chi connectivity index (χ1n) is 2.04. The maximum atomic E-state index is 9.33. The molecule has 0 spiro atoms. The lowest BCUT2D eigenvalue weighted by Gasteiger charge is -1.78. The summed E-state index contributed by atoms with van der Waals surface area (Å²) in [5.74, 6) is 0. The van der Waals surface area contributed by atoms with Crippen molar-refractivity contribution in [2.45, 2.75) is 13.8 Å². The third-order valence-corrected chi connectivity index (χ3v) is 0.524. The molecule has 0 heterocycles. The van der Waals surface area contributed by atoms with Gasteiger partial charge in [-0.3, -0.25) is 4.57 Å². The monoisotopic (exact) mass is 126 g/mol. The van der Waals surface area contributed by atoms with Crippen LogP contribution in [-0.4, -0.2) is 12.0 Å². The quantitative estimate of drug-likeness (QED) is 0.534. The van der Waals surface area contributed by atoms with Crippen molar-refractivity contribution in [3.05, 3.63) is 0 Å². The Morgan fingerprint density at radius 2 is 1.71 bits per heavy atom. The second kappa shape index (κ2) is 9.47. The topological polar surface area (TPSA) is 46.5 Å². The minimum Gasteiger partial charge on any atom is -0.326 e. The van der Waals surface area contributed by atoms with E-state index in [1.807, 2.05) is 13.8 Å². The van der Waals surface area contributed by atoms with Crippen molar-refractivity contribution < 1.29 is 14.0 Å². The zero-order valence-electron chi connectivity index (χ0n) is 4.76. The fraction of sp³-hybridized carbons (Fsp3) is 1.00. The summed E-state index contributed by atoms with van der Waals surface area (Å²) >= 11 is 0. The van der Waals surface area contributed by atoms with Crippen molar-refractivity contribution in [2.75, 3.05) is 7.11 Å². The smallest absolute Gasteiger partial charge is 0.316 e. The van der Waals surface area contributed by atoms with Crippen molar-refractivity contribution >= 4 is 8.25 Å². The summed E-state index contributed by atoms with van der Waals surface area (Å²) in [7, 11) is -1.44. The van der Waals surface area contributed by atoms with Crippen LogP contribution in [-0.2, 0) is 9.09 Å². The molecule has 0 radical (unpaired) electrons. The molecule has 0 saturated carbocycles. The molecule has 0 aliphatic carbocycles. The molecule has 3 nitrogen and oxygen atoms in total. The molecular formula is C3H11O3P. The molecule has 0 aromatic carbocycles. The molecule has 1 unspecified atom stereocenters. The average molecular weight is 126 g/mol. The lowest BCUT2D eigenvalue weighted by molar-refractivity contribution is 0.343. The Bertz CT molecular complexity index is 45.4. The van der Waals surface area contributed by atoms with E-state index in [2.05, 4.69) is 4.52 Å². The molecule has 0 saturated heterocycles. The molecule has 0 aliphatic heterocycles. The summed E-state index contributed by atoms with van der Waals surface area (Å²) in [5, 5.41) is 0. The van der Waals surface area contributed by atoms with Gasteiger partial charge in [-0.15, -0.1) is 0 Å². The van der Waals surface area contributed by atoms with Crippen LogP contribution in [0.5, 0.6) is 0 Å². The highest BCUT2D eigenvalue weighted by Gasteiger charge is 1.74. The van der Waals surface area contributed by atoms with Gasteiger partial charge in [-0.05, 0) is 0 Å². The van der Waals surface area contributed by atoms with Gasteiger partial charge < -0.3 is 9.42 Å². The van der Waals surface area contributed by atoms with Crippen molar-refractivity contribution in [2.24, 2.45) is 0 Å². The van der Waals surface area contributed by atoms with Gasteiger partial charge in [0.05, 0.1) is 0 Å². The van der Waals surface area contributed by atoms with Crippen LogP contribution in [0.1, 0.15) is 13.8 Å². The van der Waals surface area contributed by atoms with Crippen LogP contribution >= 0.6 is 8.25 Å². The standard InChI is InChI=1S/C2H6.CH5O3P/c1-2;1-4-5(2)3/h1-2H3;5H,1H3,(H,2,3). The predicted molar refractivity (Wildman–Crippen MR) is 29.6 cm³/mol. The third-order valence-electron chi connectivity index (χ3n) is 0.175. The minimum atomic E-state index is -2.62. The summed E-state index contributed by atoms with van der Waals surface area (Å²) in [4.78, 5) is 7.69. The summed E-state index contributed by atoms with van der Waals surface area (Å²) < 4.78 is 13.2. The van der Waals surface area contributed by atoms with E-state index < -0.39 is 8.25 Å². The second-order valence-corrected chi connectivity index (χ2v) is 1.41. The van der Waals surface area contributed by atoms with E-state index >= 15 is 0 Å². The van der Waals surface area contributed by atoms with Crippen LogP contribution in [0.3, 0.4) is 0 Å². The Morgan fingerprint density at radius 1 is 1.57 bits per heavy atom. The maximum Gasteiger partial charge on any atom is 0.316 e. The number of rotatable bonds is 1. The van der Waals surface area contributed by atoms with Crippen LogP contribution in [0.15, 0.2) is 0 Å². The molecule has 0 rings (SSSR count). The largest absolute Gasteiger partial charge is 0.326 e. The summed E-state index contributed by atoms with van der Waals surface area (Å²) in [5.41, 5.74) is 0. The molecule has 1 atom stereocenters. The van der Waals surface area contributed by atoms with Gasteiger partial charge in [-0.25, -0.2) is 0 Å². The SMILES string of the molecule is CC.CO[PH](=O)O. The minimum absolute atomic E-state index is 1.18. The molecule has 0 aromatic rings. The predicted octanol–water partition coefficient (Wildman–Crippen LogP) is 1.04. The zero-order valence-corrected chi connectivity index (χ0v) is 5.76. The second-order valence-electron chi connectivity index (χ2n) is 0.470. The average Bonchev–Trinajstić information content (AvgIpc) is 1.73. The lowest BCUT2D eigenvalue weighted by Crippen LogP contribution is -1.57. The van der Waals surface area contributed by atoms with E-state index in [1.54, 1.807) is 0 Å². The normalized spacial score (nSPS) is 11.4. The van der Waals surface area contributed by atoms with Crippen LogP contribution in [0.25, 0.3) is 0 Å². The van der Waals surface area contributed by atoms with Gasteiger partial charge in [0.1, 0.15) is 0 Å². The Labute approximate surface area is 44.3 Å². The Kier molecular flexibility index (Phi) is 13.8. The molecule has 0 fully saturated rings. The van der Waals surface area contributed by atoms with Crippen LogP contribution in [0.4, 0.5) is 0 Å². The van der Waals surface area contributed by atoms with Gasteiger partial charge in [0.25, 0.3) is 0 Å². The first-order chi connectivity index (χ1) is 3.27. The molecule has 0 aliphatic rings. The van der Waals surface area contributed by atoms with Crippen molar-refractivity contribution in [3.63, 3.8) is 0 Å². The Morgan fingerprint density at radius 3 is 1.71 bits per heavy atom.